The summed E-state index contributed by atoms with van der Waals surface area (Å²) >= 11 is 0. The lowest BCUT2D eigenvalue weighted by Gasteiger charge is -2.33. The van der Waals surface area contributed by atoms with Crippen molar-refractivity contribution in [3.05, 3.63) is 0 Å². The van der Waals surface area contributed by atoms with Crippen LogP contribution in [0.15, 0.2) is 0 Å². The number of amides is 2. The van der Waals surface area contributed by atoms with E-state index in [-0.39, 0.29) is 24.5 Å². The van der Waals surface area contributed by atoms with Gasteiger partial charge in [-0.2, -0.15) is 0 Å². The molecule has 0 aliphatic carbocycles. The van der Waals surface area contributed by atoms with Gasteiger partial charge >= 0.3 is 6.03 Å². The van der Waals surface area contributed by atoms with E-state index in [9.17, 15) is 4.79 Å². The molecular formula is C11H22ClN3O. The molecule has 2 fully saturated rings. The Kier molecular flexibility index (Phi) is 4.87. The highest BCUT2D eigenvalue weighted by atomic mass is 35.5. The number of piperidine rings is 1. The molecule has 2 aliphatic heterocycles. The number of hydrogen-bond donors (Lipinski definition) is 1. The Bertz CT molecular complexity index is 241. The van der Waals surface area contributed by atoms with Crippen LogP contribution < -0.4 is 5.73 Å². The van der Waals surface area contributed by atoms with E-state index in [0.29, 0.717) is 0 Å². The lowest BCUT2D eigenvalue weighted by atomic mass is 10.00. The Morgan fingerprint density at radius 2 is 1.69 bits per heavy atom. The van der Waals surface area contributed by atoms with E-state index in [4.69, 9.17) is 5.73 Å². The number of carbonyl (C=O) groups excluding carboxylic acids is 1. The average Bonchev–Trinajstić information content (AvgIpc) is 2.65. The minimum absolute atomic E-state index is 0. The first-order valence-electron chi connectivity index (χ1n) is 5.96. The highest BCUT2D eigenvalue weighted by Gasteiger charge is 2.29. The van der Waals surface area contributed by atoms with Gasteiger partial charge in [-0.1, -0.05) is 6.92 Å². The molecule has 0 aromatic carbocycles. The Morgan fingerprint density at radius 3 is 2.19 bits per heavy atom. The van der Waals surface area contributed by atoms with Crippen molar-refractivity contribution >= 4 is 18.4 Å². The zero-order chi connectivity index (χ0) is 10.8. The molecule has 94 valence electrons. The van der Waals surface area contributed by atoms with Gasteiger partial charge in [-0.15, -0.1) is 12.4 Å². The van der Waals surface area contributed by atoms with E-state index in [2.05, 4.69) is 6.92 Å². The van der Waals surface area contributed by atoms with Gasteiger partial charge < -0.3 is 15.5 Å². The third-order valence-corrected chi connectivity index (χ3v) is 3.55. The van der Waals surface area contributed by atoms with Crippen molar-refractivity contribution in [2.24, 2.45) is 11.7 Å². The van der Waals surface area contributed by atoms with Crippen molar-refractivity contribution in [2.75, 3.05) is 26.2 Å². The van der Waals surface area contributed by atoms with Crippen LogP contribution in [-0.4, -0.2) is 48.1 Å². The van der Waals surface area contributed by atoms with Crippen LogP contribution in [0.4, 0.5) is 4.79 Å². The molecule has 2 rings (SSSR count). The van der Waals surface area contributed by atoms with Crippen molar-refractivity contribution in [2.45, 2.75) is 32.2 Å². The number of halogens is 1. The summed E-state index contributed by atoms with van der Waals surface area (Å²) in [6, 6.07) is 0.396. The molecule has 0 aromatic heterocycles. The van der Waals surface area contributed by atoms with Crippen LogP contribution in [0.1, 0.15) is 26.2 Å². The molecule has 0 bridgehead atoms. The number of nitrogens with zero attached hydrogens (tertiary/aromatic N) is 2. The summed E-state index contributed by atoms with van der Waals surface area (Å²) in [5, 5.41) is 0. The molecule has 0 spiro atoms. The molecule has 2 amide bonds. The molecule has 2 aliphatic rings. The molecule has 2 N–H and O–H groups in total. The first kappa shape index (κ1) is 13.6. The molecule has 5 heteroatoms. The van der Waals surface area contributed by atoms with Crippen molar-refractivity contribution in [3.63, 3.8) is 0 Å². The maximum Gasteiger partial charge on any atom is 0.320 e. The largest absolute Gasteiger partial charge is 0.326 e. The van der Waals surface area contributed by atoms with Gasteiger partial charge in [0.05, 0.1) is 0 Å². The van der Waals surface area contributed by atoms with E-state index in [1.54, 1.807) is 0 Å². The fourth-order valence-corrected chi connectivity index (χ4v) is 2.36. The third kappa shape index (κ3) is 3.01. The molecule has 0 aromatic rings. The van der Waals surface area contributed by atoms with Crippen LogP contribution in [0.5, 0.6) is 0 Å². The number of carbonyl (C=O) groups is 1. The standard InChI is InChI=1S/C11H21N3O.ClH/c1-9-2-5-13(6-3-9)11(15)14-7-4-10(12)8-14;/h9-10H,2-8,12H2,1H3;1H/t10-;/m1./s1. The van der Waals surface area contributed by atoms with E-state index < -0.39 is 0 Å². The molecule has 1 atom stereocenters. The monoisotopic (exact) mass is 247 g/mol. The van der Waals surface area contributed by atoms with Gasteiger partial charge in [-0.25, -0.2) is 4.79 Å². The van der Waals surface area contributed by atoms with E-state index in [0.717, 1.165) is 51.4 Å². The Morgan fingerprint density at radius 1 is 1.12 bits per heavy atom. The van der Waals surface area contributed by atoms with Gasteiger partial charge in [-0.05, 0) is 25.2 Å². The zero-order valence-electron chi connectivity index (χ0n) is 9.89. The van der Waals surface area contributed by atoms with Gasteiger partial charge in [0.1, 0.15) is 0 Å². The number of nitrogens with two attached hydrogens (primary N) is 1. The molecule has 4 nitrogen and oxygen atoms in total. The summed E-state index contributed by atoms with van der Waals surface area (Å²) in [6.07, 6.45) is 3.24. The predicted molar refractivity (Wildman–Crippen MR) is 66.8 cm³/mol. The number of urea groups is 1. The molecule has 0 unspecified atom stereocenters. The molecule has 16 heavy (non-hydrogen) atoms. The minimum Gasteiger partial charge on any atom is -0.326 e. The smallest absolute Gasteiger partial charge is 0.320 e. The third-order valence-electron chi connectivity index (χ3n) is 3.55. The van der Waals surface area contributed by atoms with Crippen LogP contribution in [0, 0.1) is 5.92 Å². The Hall–Kier alpha value is -0.480. The van der Waals surface area contributed by atoms with Crippen molar-refractivity contribution in [1.82, 2.24) is 9.80 Å². The van der Waals surface area contributed by atoms with Gasteiger partial charge in [0, 0.05) is 32.2 Å². The van der Waals surface area contributed by atoms with E-state index >= 15 is 0 Å². The quantitative estimate of drug-likeness (QED) is 0.701. The minimum atomic E-state index is 0. The maximum absolute atomic E-state index is 12.0. The summed E-state index contributed by atoms with van der Waals surface area (Å²) < 4.78 is 0. The van der Waals surface area contributed by atoms with Crippen LogP contribution in [0.25, 0.3) is 0 Å². The fourth-order valence-electron chi connectivity index (χ4n) is 2.36. The predicted octanol–water partition coefficient (Wildman–Crippen LogP) is 1.29. The number of rotatable bonds is 0. The van der Waals surface area contributed by atoms with Crippen molar-refractivity contribution < 1.29 is 4.79 Å². The topological polar surface area (TPSA) is 49.6 Å². The highest BCUT2D eigenvalue weighted by molar-refractivity contribution is 5.85. The van der Waals surface area contributed by atoms with Crippen molar-refractivity contribution in [3.8, 4) is 0 Å². The van der Waals surface area contributed by atoms with Gasteiger partial charge in [0.2, 0.25) is 0 Å². The van der Waals surface area contributed by atoms with Gasteiger partial charge in [0.15, 0.2) is 0 Å². The normalized spacial score (nSPS) is 26.8. The summed E-state index contributed by atoms with van der Waals surface area (Å²) in [6.45, 7) is 5.68. The maximum atomic E-state index is 12.0. The SMILES string of the molecule is CC1CCN(C(=O)N2CC[C@@H](N)C2)CC1.Cl. The molecular weight excluding hydrogens is 226 g/mol. The number of hydrogen-bond acceptors (Lipinski definition) is 2. The van der Waals surface area contributed by atoms with Crippen LogP contribution in [0.2, 0.25) is 0 Å². The Balaban J connectivity index is 0.00000128. The fraction of sp³-hybridized carbons (Fsp3) is 0.909. The first-order chi connectivity index (χ1) is 7.16. The second-order valence-electron chi connectivity index (χ2n) is 4.95. The zero-order valence-corrected chi connectivity index (χ0v) is 10.7. The first-order valence-corrected chi connectivity index (χ1v) is 5.96. The molecule has 0 radical (unpaired) electrons. The molecule has 0 saturated carbocycles. The van der Waals surface area contributed by atoms with Crippen molar-refractivity contribution in [1.29, 1.82) is 0 Å². The average molecular weight is 248 g/mol. The number of likely N-dealkylation sites (tertiary alicyclic amines) is 2. The van der Waals surface area contributed by atoms with E-state index in [1.807, 2.05) is 9.80 Å². The summed E-state index contributed by atoms with van der Waals surface area (Å²) in [7, 11) is 0. The van der Waals surface area contributed by atoms with E-state index in [1.165, 1.54) is 0 Å². The lowest BCUT2D eigenvalue weighted by Crippen LogP contribution is -2.46. The van der Waals surface area contributed by atoms with Gasteiger partial charge in [0.25, 0.3) is 0 Å². The van der Waals surface area contributed by atoms with Crippen LogP contribution in [0.3, 0.4) is 0 Å². The van der Waals surface area contributed by atoms with Crippen LogP contribution >= 0.6 is 12.4 Å². The summed E-state index contributed by atoms with van der Waals surface area (Å²) in [4.78, 5) is 15.9. The highest BCUT2D eigenvalue weighted by Crippen LogP contribution is 2.18. The summed E-state index contributed by atoms with van der Waals surface area (Å²) in [5.41, 5.74) is 5.80. The lowest BCUT2D eigenvalue weighted by molar-refractivity contribution is 0.142. The van der Waals surface area contributed by atoms with Gasteiger partial charge in [-0.3, -0.25) is 0 Å². The molecule has 2 saturated heterocycles. The second kappa shape index (κ2) is 5.73. The molecule has 2 heterocycles. The second-order valence-corrected chi connectivity index (χ2v) is 4.95. The van der Waals surface area contributed by atoms with Crippen LogP contribution in [-0.2, 0) is 0 Å². The summed E-state index contributed by atoms with van der Waals surface area (Å²) in [5.74, 6) is 0.773. The Labute approximate surface area is 104 Å².